The maximum atomic E-state index is 10.8. The van der Waals surface area contributed by atoms with Crippen LogP contribution >= 0.6 is 0 Å². The quantitative estimate of drug-likeness (QED) is 0.607. The predicted molar refractivity (Wildman–Crippen MR) is 49.7 cm³/mol. The van der Waals surface area contributed by atoms with Crippen LogP contribution in [0.2, 0.25) is 0 Å². The Bertz CT molecular complexity index is 182. The first-order valence-corrected chi connectivity index (χ1v) is 4.37. The molecule has 0 aliphatic carbocycles. The number of ether oxygens (including phenoxy) is 3. The van der Waals surface area contributed by atoms with Gasteiger partial charge in [0.05, 0.1) is 19.1 Å². The Kier molecular flexibility index (Phi) is 5.87. The summed E-state index contributed by atoms with van der Waals surface area (Å²) >= 11 is 0. The molecule has 1 N–H and O–H groups in total. The summed E-state index contributed by atoms with van der Waals surface area (Å²) in [6, 6.07) is 0. The lowest BCUT2D eigenvalue weighted by atomic mass is 10.3. The highest BCUT2D eigenvalue weighted by Gasteiger charge is 2.30. The number of Topliss-reactive ketones (excluding diaryl/α,β-unsaturated/α-hetero) is 1. The molecule has 0 aromatic rings. The van der Waals surface area contributed by atoms with Gasteiger partial charge in [0.25, 0.3) is 5.97 Å². The van der Waals surface area contributed by atoms with E-state index in [-0.39, 0.29) is 24.9 Å². The number of carbonyl (C=O) groups is 1. The third-order valence-electron chi connectivity index (χ3n) is 1.74. The van der Waals surface area contributed by atoms with Crippen LogP contribution in [0.3, 0.4) is 0 Å². The first kappa shape index (κ1) is 13.5. The van der Waals surface area contributed by atoms with E-state index >= 15 is 0 Å². The average molecular weight is 206 g/mol. The molecule has 14 heavy (non-hydrogen) atoms. The molecule has 0 rings (SSSR count). The highest BCUT2D eigenvalue weighted by molar-refractivity contribution is 5.76. The van der Waals surface area contributed by atoms with Crippen molar-refractivity contribution < 1.29 is 24.1 Å². The van der Waals surface area contributed by atoms with Gasteiger partial charge in [-0.15, -0.1) is 0 Å². The number of ketones is 1. The lowest BCUT2D eigenvalue weighted by Gasteiger charge is -2.26. The SMILES string of the molecule is COC(C)COC(O)(CC(C)=O)OC. The fourth-order valence-corrected chi connectivity index (χ4v) is 0.812. The van der Waals surface area contributed by atoms with Crippen molar-refractivity contribution in [3.05, 3.63) is 0 Å². The minimum Gasteiger partial charge on any atom is -0.379 e. The van der Waals surface area contributed by atoms with Crippen molar-refractivity contribution in [1.82, 2.24) is 0 Å². The summed E-state index contributed by atoms with van der Waals surface area (Å²) in [5, 5.41) is 9.61. The molecule has 0 aliphatic heterocycles. The average Bonchev–Trinajstić information content (AvgIpc) is 2.13. The van der Waals surface area contributed by atoms with Crippen LogP contribution in [0.5, 0.6) is 0 Å². The monoisotopic (exact) mass is 206 g/mol. The molecule has 0 radical (unpaired) electrons. The highest BCUT2D eigenvalue weighted by Crippen LogP contribution is 2.14. The van der Waals surface area contributed by atoms with Gasteiger partial charge in [0.2, 0.25) is 0 Å². The molecule has 0 saturated carbocycles. The lowest BCUT2D eigenvalue weighted by molar-refractivity contribution is -0.352. The molecule has 0 heterocycles. The summed E-state index contributed by atoms with van der Waals surface area (Å²) < 4.78 is 14.6. The van der Waals surface area contributed by atoms with E-state index in [0.29, 0.717) is 0 Å². The molecular formula is C9H18O5. The van der Waals surface area contributed by atoms with Gasteiger partial charge in [0, 0.05) is 14.2 Å². The van der Waals surface area contributed by atoms with Crippen molar-refractivity contribution in [1.29, 1.82) is 0 Å². The molecule has 0 fully saturated rings. The van der Waals surface area contributed by atoms with Gasteiger partial charge in [-0.3, -0.25) is 4.79 Å². The van der Waals surface area contributed by atoms with Crippen molar-refractivity contribution in [3.63, 3.8) is 0 Å². The van der Waals surface area contributed by atoms with E-state index in [2.05, 4.69) is 0 Å². The van der Waals surface area contributed by atoms with E-state index in [0.717, 1.165) is 0 Å². The molecule has 0 saturated heterocycles. The Morgan fingerprint density at radius 1 is 1.50 bits per heavy atom. The van der Waals surface area contributed by atoms with E-state index in [1.54, 1.807) is 6.92 Å². The molecule has 5 nitrogen and oxygen atoms in total. The number of hydrogen-bond donors (Lipinski definition) is 1. The highest BCUT2D eigenvalue weighted by atomic mass is 16.8. The Labute approximate surface area is 84.0 Å². The number of carbonyl (C=O) groups excluding carboxylic acids is 1. The van der Waals surface area contributed by atoms with E-state index < -0.39 is 5.97 Å². The van der Waals surface area contributed by atoms with E-state index in [1.807, 2.05) is 0 Å². The second-order valence-corrected chi connectivity index (χ2v) is 3.15. The van der Waals surface area contributed by atoms with Crippen molar-refractivity contribution in [2.45, 2.75) is 32.3 Å². The van der Waals surface area contributed by atoms with Gasteiger partial charge < -0.3 is 19.3 Å². The smallest absolute Gasteiger partial charge is 0.287 e. The Hall–Kier alpha value is -0.490. The topological polar surface area (TPSA) is 65.0 Å². The van der Waals surface area contributed by atoms with Crippen LogP contribution < -0.4 is 0 Å². The normalized spacial score (nSPS) is 17.5. The zero-order valence-corrected chi connectivity index (χ0v) is 9.07. The van der Waals surface area contributed by atoms with Gasteiger partial charge >= 0.3 is 0 Å². The predicted octanol–water partition coefficient (Wildman–Crippen LogP) is 0.309. The van der Waals surface area contributed by atoms with Crippen LogP contribution in [0.25, 0.3) is 0 Å². The molecule has 0 amide bonds. The summed E-state index contributed by atoms with van der Waals surface area (Å²) in [5.74, 6) is -2.04. The zero-order valence-electron chi connectivity index (χ0n) is 9.07. The van der Waals surface area contributed by atoms with Gasteiger partial charge in [0.15, 0.2) is 0 Å². The summed E-state index contributed by atoms with van der Waals surface area (Å²) in [5.41, 5.74) is 0. The Morgan fingerprint density at radius 2 is 2.07 bits per heavy atom. The Balaban J connectivity index is 4.04. The Morgan fingerprint density at radius 3 is 2.43 bits per heavy atom. The number of methoxy groups -OCH3 is 2. The second kappa shape index (κ2) is 6.08. The largest absolute Gasteiger partial charge is 0.379 e. The zero-order chi connectivity index (χ0) is 11.2. The van der Waals surface area contributed by atoms with E-state index in [9.17, 15) is 9.90 Å². The van der Waals surface area contributed by atoms with E-state index in [1.165, 1.54) is 21.1 Å². The third kappa shape index (κ3) is 5.29. The van der Waals surface area contributed by atoms with Gasteiger partial charge in [-0.2, -0.15) is 0 Å². The van der Waals surface area contributed by atoms with Crippen molar-refractivity contribution in [3.8, 4) is 0 Å². The molecule has 0 aliphatic rings. The van der Waals surface area contributed by atoms with E-state index in [4.69, 9.17) is 14.2 Å². The number of aliphatic hydroxyl groups is 1. The maximum absolute atomic E-state index is 10.8. The van der Waals surface area contributed by atoms with Crippen molar-refractivity contribution in [2.75, 3.05) is 20.8 Å². The minimum atomic E-state index is -1.83. The molecule has 2 atom stereocenters. The fourth-order valence-electron chi connectivity index (χ4n) is 0.812. The number of hydrogen-bond acceptors (Lipinski definition) is 5. The van der Waals surface area contributed by atoms with Gasteiger partial charge in [-0.1, -0.05) is 0 Å². The first-order chi connectivity index (χ1) is 6.43. The maximum Gasteiger partial charge on any atom is 0.287 e. The molecule has 2 unspecified atom stereocenters. The van der Waals surface area contributed by atoms with Crippen LogP contribution in [-0.4, -0.2) is 43.8 Å². The number of rotatable bonds is 7. The molecular weight excluding hydrogens is 188 g/mol. The van der Waals surface area contributed by atoms with Gasteiger partial charge in [0.1, 0.15) is 5.78 Å². The van der Waals surface area contributed by atoms with Crippen LogP contribution in [-0.2, 0) is 19.0 Å². The van der Waals surface area contributed by atoms with Crippen LogP contribution in [0.4, 0.5) is 0 Å². The van der Waals surface area contributed by atoms with Crippen LogP contribution in [0.15, 0.2) is 0 Å². The molecule has 0 spiro atoms. The van der Waals surface area contributed by atoms with Crippen LogP contribution in [0, 0.1) is 0 Å². The molecule has 0 aromatic carbocycles. The van der Waals surface area contributed by atoms with Crippen molar-refractivity contribution >= 4 is 5.78 Å². The molecule has 5 heteroatoms. The summed E-state index contributed by atoms with van der Waals surface area (Å²) in [6.45, 7) is 3.30. The summed E-state index contributed by atoms with van der Waals surface area (Å²) in [7, 11) is 2.81. The molecule has 84 valence electrons. The van der Waals surface area contributed by atoms with Crippen molar-refractivity contribution in [2.24, 2.45) is 0 Å². The third-order valence-corrected chi connectivity index (χ3v) is 1.74. The van der Waals surface area contributed by atoms with Crippen LogP contribution in [0.1, 0.15) is 20.3 Å². The van der Waals surface area contributed by atoms with Gasteiger partial charge in [-0.05, 0) is 13.8 Å². The molecule has 0 aromatic heterocycles. The standard InChI is InChI=1S/C9H18O5/c1-7(10)5-9(11,13-4)14-6-8(2)12-3/h8,11H,5-6H2,1-4H3. The second-order valence-electron chi connectivity index (χ2n) is 3.15. The minimum absolute atomic E-state index is 0.161. The van der Waals surface area contributed by atoms with Gasteiger partial charge in [-0.25, -0.2) is 0 Å². The first-order valence-electron chi connectivity index (χ1n) is 4.37. The molecule has 0 bridgehead atoms. The lowest BCUT2D eigenvalue weighted by Crippen LogP contribution is -2.38. The summed E-state index contributed by atoms with van der Waals surface area (Å²) in [6.07, 6.45) is -0.358. The fraction of sp³-hybridized carbons (Fsp3) is 0.889. The summed E-state index contributed by atoms with van der Waals surface area (Å²) in [4.78, 5) is 10.8.